The van der Waals surface area contributed by atoms with E-state index in [1.165, 1.54) is 0 Å². The Hall–Kier alpha value is -1.95. The smallest absolute Gasteiger partial charge is 0.337 e. The third kappa shape index (κ3) is 3.58. The van der Waals surface area contributed by atoms with E-state index in [9.17, 15) is 9.90 Å². The van der Waals surface area contributed by atoms with E-state index in [4.69, 9.17) is 0 Å². The van der Waals surface area contributed by atoms with Gasteiger partial charge in [-0.1, -0.05) is 11.3 Å². The maximum absolute atomic E-state index is 11.3. The Balaban J connectivity index is 2.04. The van der Waals surface area contributed by atoms with Crippen molar-refractivity contribution < 1.29 is 9.90 Å². The minimum atomic E-state index is -0.941. The summed E-state index contributed by atoms with van der Waals surface area (Å²) in [6, 6.07) is 5.62. The molecule has 0 bridgehead atoms. The average molecular weight is 290 g/mol. The zero-order valence-electron chi connectivity index (χ0n) is 12.8. The van der Waals surface area contributed by atoms with Gasteiger partial charge < -0.3 is 10.0 Å². The molecule has 0 amide bonds. The van der Waals surface area contributed by atoms with Gasteiger partial charge in [-0.25, -0.2) is 9.48 Å². The third-order valence-corrected chi connectivity index (χ3v) is 3.78. The van der Waals surface area contributed by atoms with Crippen LogP contribution < -0.4 is 0 Å². The number of hydrogen-bond donors (Lipinski definition) is 1. The number of unbranched alkanes of at least 4 members (excludes halogenated alkanes) is 1. The number of aromatic carboxylic acids is 1. The number of benzene rings is 1. The molecule has 0 aliphatic heterocycles. The summed E-state index contributed by atoms with van der Waals surface area (Å²) >= 11 is 0. The van der Waals surface area contributed by atoms with E-state index in [-0.39, 0.29) is 5.56 Å². The first-order valence-electron chi connectivity index (χ1n) is 7.26. The Morgan fingerprint density at radius 1 is 1.38 bits per heavy atom. The van der Waals surface area contributed by atoms with Crippen LogP contribution in [0, 0.1) is 0 Å². The van der Waals surface area contributed by atoms with Crippen LogP contribution in [-0.2, 0) is 6.54 Å². The van der Waals surface area contributed by atoms with Gasteiger partial charge in [0.1, 0.15) is 11.0 Å². The van der Waals surface area contributed by atoms with E-state index in [0.717, 1.165) is 19.4 Å². The second kappa shape index (κ2) is 6.67. The number of para-hydroxylation sites is 1. The number of rotatable bonds is 7. The maximum atomic E-state index is 11.3. The molecular weight excluding hydrogens is 268 g/mol. The monoisotopic (exact) mass is 290 g/mol. The van der Waals surface area contributed by atoms with E-state index in [1.54, 1.807) is 22.9 Å². The molecule has 2 aromatic rings. The van der Waals surface area contributed by atoms with Gasteiger partial charge in [-0.05, 0) is 52.4 Å². The normalized spacial score (nSPS) is 11.7. The zero-order valence-corrected chi connectivity index (χ0v) is 12.8. The van der Waals surface area contributed by atoms with E-state index >= 15 is 0 Å². The molecule has 0 aliphatic carbocycles. The van der Waals surface area contributed by atoms with Crippen molar-refractivity contribution >= 4 is 17.0 Å². The molecule has 0 atom stereocenters. The summed E-state index contributed by atoms with van der Waals surface area (Å²) in [5.41, 5.74) is 1.51. The molecule has 6 heteroatoms. The number of aryl methyl sites for hydroxylation is 1. The van der Waals surface area contributed by atoms with Gasteiger partial charge in [-0.15, -0.1) is 5.10 Å². The van der Waals surface area contributed by atoms with Crippen molar-refractivity contribution in [3.63, 3.8) is 0 Å². The highest BCUT2D eigenvalue weighted by molar-refractivity contribution is 6.00. The lowest BCUT2D eigenvalue weighted by atomic mass is 10.2. The molecule has 114 valence electrons. The van der Waals surface area contributed by atoms with E-state index < -0.39 is 5.97 Å². The topological polar surface area (TPSA) is 71.2 Å². The van der Waals surface area contributed by atoms with Gasteiger partial charge >= 0.3 is 5.97 Å². The SMILES string of the molecule is CC(C)N(C)CCCCn1nnc2cccc(C(=O)O)c21. The molecule has 21 heavy (non-hydrogen) atoms. The molecule has 0 saturated carbocycles. The van der Waals surface area contributed by atoms with Crippen molar-refractivity contribution in [3.05, 3.63) is 23.8 Å². The van der Waals surface area contributed by atoms with Crippen molar-refractivity contribution in [2.24, 2.45) is 0 Å². The van der Waals surface area contributed by atoms with Crippen LogP contribution in [0.25, 0.3) is 11.0 Å². The Kier molecular flexibility index (Phi) is 4.90. The summed E-state index contributed by atoms with van der Waals surface area (Å²) in [7, 11) is 2.11. The van der Waals surface area contributed by atoms with E-state index in [1.807, 2.05) is 0 Å². The summed E-state index contributed by atoms with van der Waals surface area (Å²) in [6.45, 7) is 6.05. The minimum Gasteiger partial charge on any atom is -0.478 e. The van der Waals surface area contributed by atoms with Crippen LogP contribution in [0.1, 0.15) is 37.0 Å². The van der Waals surface area contributed by atoms with Gasteiger partial charge in [0.25, 0.3) is 0 Å². The molecule has 0 spiro atoms. The number of carbonyl (C=O) groups is 1. The van der Waals surface area contributed by atoms with Crippen LogP contribution in [-0.4, -0.2) is 50.6 Å². The highest BCUT2D eigenvalue weighted by atomic mass is 16.4. The maximum Gasteiger partial charge on any atom is 0.337 e. The third-order valence-electron chi connectivity index (χ3n) is 3.78. The molecule has 1 N–H and O–H groups in total. The Labute approximate surface area is 124 Å². The molecule has 0 saturated heterocycles. The summed E-state index contributed by atoms with van der Waals surface area (Å²) in [6.07, 6.45) is 1.99. The quantitative estimate of drug-likeness (QED) is 0.792. The number of carboxylic acids is 1. The highest BCUT2D eigenvalue weighted by Crippen LogP contribution is 2.17. The fourth-order valence-electron chi connectivity index (χ4n) is 2.24. The zero-order chi connectivity index (χ0) is 15.4. The predicted molar refractivity (Wildman–Crippen MR) is 81.5 cm³/mol. The van der Waals surface area contributed by atoms with Crippen LogP contribution in [0.2, 0.25) is 0 Å². The van der Waals surface area contributed by atoms with Crippen LogP contribution in [0.4, 0.5) is 0 Å². The first-order chi connectivity index (χ1) is 10.0. The van der Waals surface area contributed by atoms with Crippen LogP contribution in [0.5, 0.6) is 0 Å². The summed E-state index contributed by atoms with van der Waals surface area (Å²) in [4.78, 5) is 13.6. The van der Waals surface area contributed by atoms with Gasteiger partial charge in [-0.3, -0.25) is 0 Å². The fraction of sp³-hybridized carbons (Fsp3) is 0.533. The molecule has 0 unspecified atom stereocenters. The standard InChI is InChI=1S/C15H22N4O2/c1-11(2)18(3)9-4-5-10-19-14-12(15(20)21)7-6-8-13(14)16-17-19/h6-8,11H,4-5,9-10H2,1-3H3,(H,20,21). The molecule has 2 rings (SSSR count). The summed E-state index contributed by atoms with van der Waals surface area (Å²) in [5.74, 6) is -0.941. The van der Waals surface area contributed by atoms with Crippen LogP contribution in [0.15, 0.2) is 18.2 Å². The van der Waals surface area contributed by atoms with Crippen LogP contribution in [0.3, 0.4) is 0 Å². The van der Waals surface area contributed by atoms with Crippen molar-refractivity contribution in [2.75, 3.05) is 13.6 Å². The molecular formula is C15H22N4O2. The Bertz CT molecular complexity index is 621. The van der Waals surface area contributed by atoms with Gasteiger partial charge in [0, 0.05) is 12.6 Å². The molecule has 1 aromatic carbocycles. The van der Waals surface area contributed by atoms with E-state index in [0.29, 0.717) is 23.6 Å². The minimum absolute atomic E-state index is 0.261. The highest BCUT2D eigenvalue weighted by Gasteiger charge is 2.14. The van der Waals surface area contributed by atoms with Crippen molar-refractivity contribution in [3.8, 4) is 0 Å². The largest absolute Gasteiger partial charge is 0.478 e. The number of fused-ring (bicyclic) bond motifs is 1. The van der Waals surface area contributed by atoms with E-state index in [2.05, 4.69) is 36.1 Å². The summed E-state index contributed by atoms with van der Waals surface area (Å²) in [5, 5.41) is 17.4. The fourth-order valence-corrected chi connectivity index (χ4v) is 2.24. The van der Waals surface area contributed by atoms with Gasteiger partial charge in [-0.2, -0.15) is 0 Å². The molecule has 6 nitrogen and oxygen atoms in total. The molecule has 0 fully saturated rings. The number of hydrogen-bond acceptors (Lipinski definition) is 4. The van der Waals surface area contributed by atoms with Gasteiger partial charge in [0.2, 0.25) is 0 Å². The Morgan fingerprint density at radius 3 is 2.81 bits per heavy atom. The molecule has 1 aromatic heterocycles. The van der Waals surface area contributed by atoms with Crippen molar-refractivity contribution in [1.82, 2.24) is 19.9 Å². The number of nitrogens with zero attached hydrogens (tertiary/aromatic N) is 4. The Morgan fingerprint density at radius 2 is 2.14 bits per heavy atom. The second-order valence-corrected chi connectivity index (χ2v) is 5.57. The van der Waals surface area contributed by atoms with Crippen molar-refractivity contribution in [2.45, 2.75) is 39.3 Å². The first-order valence-corrected chi connectivity index (χ1v) is 7.26. The van der Waals surface area contributed by atoms with Crippen LogP contribution >= 0.6 is 0 Å². The van der Waals surface area contributed by atoms with Gasteiger partial charge in [0.05, 0.1) is 5.56 Å². The average Bonchev–Trinajstić information content (AvgIpc) is 2.86. The summed E-state index contributed by atoms with van der Waals surface area (Å²) < 4.78 is 1.70. The first kappa shape index (κ1) is 15.4. The van der Waals surface area contributed by atoms with Gasteiger partial charge in [0.15, 0.2) is 0 Å². The molecule has 0 aliphatic rings. The van der Waals surface area contributed by atoms with Crippen molar-refractivity contribution in [1.29, 1.82) is 0 Å². The second-order valence-electron chi connectivity index (χ2n) is 5.57. The lowest BCUT2D eigenvalue weighted by Crippen LogP contribution is -2.27. The molecule has 1 heterocycles. The lowest BCUT2D eigenvalue weighted by molar-refractivity contribution is 0.0698. The number of carboxylic acid groups (broad SMARTS) is 1. The predicted octanol–water partition coefficient (Wildman–Crippen LogP) is 2.25. The number of aromatic nitrogens is 3. The molecule has 0 radical (unpaired) electrons. The lowest BCUT2D eigenvalue weighted by Gasteiger charge is -2.20.